The third-order valence-corrected chi connectivity index (χ3v) is 2.91. The number of nitrogens with zero attached hydrogens (tertiary/aromatic N) is 1. The van der Waals surface area contributed by atoms with Gasteiger partial charge in [0.2, 0.25) is 0 Å². The van der Waals surface area contributed by atoms with Crippen molar-refractivity contribution in [1.82, 2.24) is 15.6 Å². The van der Waals surface area contributed by atoms with E-state index in [0.29, 0.717) is 6.54 Å². The molecule has 0 spiro atoms. The van der Waals surface area contributed by atoms with E-state index in [4.69, 9.17) is 0 Å². The summed E-state index contributed by atoms with van der Waals surface area (Å²) in [6.45, 7) is 3.52. The van der Waals surface area contributed by atoms with Gasteiger partial charge in [-0.2, -0.15) is 0 Å². The maximum atomic E-state index is 11.8. The highest BCUT2D eigenvalue weighted by Gasteiger charge is 2.31. The molecule has 7 nitrogen and oxygen atoms in total. The zero-order valence-electron chi connectivity index (χ0n) is 9.45. The number of aromatic nitrogens is 1. The summed E-state index contributed by atoms with van der Waals surface area (Å²) in [6, 6.07) is 1.24. The molecular formula is C10H14N4O3. The van der Waals surface area contributed by atoms with Crippen molar-refractivity contribution < 1.29 is 9.72 Å². The van der Waals surface area contributed by atoms with E-state index in [1.807, 2.05) is 6.92 Å². The van der Waals surface area contributed by atoms with E-state index in [2.05, 4.69) is 15.6 Å². The van der Waals surface area contributed by atoms with Crippen molar-refractivity contribution in [2.45, 2.75) is 18.9 Å². The Balaban J connectivity index is 2.06. The minimum Gasteiger partial charge on any atom is -0.351 e. The molecule has 1 aromatic heterocycles. The van der Waals surface area contributed by atoms with Gasteiger partial charge in [0.1, 0.15) is 5.69 Å². The first kappa shape index (κ1) is 11.6. The second-order valence-corrected chi connectivity index (χ2v) is 4.47. The van der Waals surface area contributed by atoms with Crippen LogP contribution in [0.4, 0.5) is 5.69 Å². The van der Waals surface area contributed by atoms with Gasteiger partial charge >= 0.3 is 0 Å². The average Bonchev–Trinajstić information content (AvgIpc) is 2.86. The van der Waals surface area contributed by atoms with Crippen LogP contribution in [-0.2, 0) is 0 Å². The molecule has 3 N–H and O–H groups in total. The minimum atomic E-state index is -0.536. The van der Waals surface area contributed by atoms with Crippen LogP contribution < -0.4 is 10.6 Å². The van der Waals surface area contributed by atoms with E-state index in [9.17, 15) is 14.9 Å². The van der Waals surface area contributed by atoms with Gasteiger partial charge in [-0.25, -0.2) is 0 Å². The number of carbonyl (C=O) groups is 1. The predicted octanol–water partition coefficient (Wildman–Crippen LogP) is 0.405. The molecule has 1 aliphatic rings. The maximum absolute atomic E-state index is 11.8. The van der Waals surface area contributed by atoms with Crippen molar-refractivity contribution in [1.29, 1.82) is 0 Å². The number of rotatable bonds is 3. The van der Waals surface area contributed by atoms with E-state index in [0.717, 1.165) is 13.0 Å². The third-order valence-electron chi connectivity index (χ3n) is 2.91. The summed E-state index contributed by atoms with van der Waals surface area (Å²) in [5.74, 6) is -0.315. The molecule has 0 bridgehead atoms. The number of amides is 1. The van der Waals surface area contributed by atoms with Crippen LogP contribution in [0.15, 0.2) is 12.3 Å². The van der Waals surface area contributed by atoms with Crippen LogP contribution >= 0.6 is 0 Å². The van der Waals surface area contributed by atoms with Crippen LogP contribution in [0.25, 0.3) is 0 Å². The Kier molecular flexibility index (Phi) is 2.84. The van der Waals surface area contributed by atoms with Gasteiger partial charge in [-0.05, 0) is 19.9 Å². The molecule has 0 radical (unpaired) electrons. The molecule has 7 heteroatoms. The standard InChI is InChI=1S/C10H14N4O3/c1-10(2-3-11-6-10)13-9(15)8-4-7(5-12-8)14(16)17/h4-5,11-12H,2-3,6H2,1H3,(H,13,15). The second kappa shape index (κ2) is 4.17. The molecule has 1 fully saturated rings. The van der Waals surface area contributed by atoms with Crippen LogP contribution in [0.1, 0.15) is 23.8 Å². The Bertz CT molecular complexity index is 448. The lowest BCUT2D eigenvalue weighted by atomic mass is 10.0. The van der Waals surface area contributed by atoms with Gasteiger partial charge < -0.3 is 15.6 Å². The molecule has 0 saturated carbocycles. The van der Waals surface area contributed by atoms with Gasteiger partial charge in [0.05, 0.1) is 16.7 Å². The zero-order chi connectivity index (χ0) is 12.5. The van der Waals surface area contributed by atoms with Crippen molar-refractivity contribution in [2.24, 2.45) is 0 Å². The molecule has 1 atom stereocenters. The van der Waals surface area contributed by atoms with Crippen molar-refractivity contribution in [2.75, 3.05) is 13.1 Å². The summed E-state index contributed by atoms with van der Waals surface area (Å²) in [7, 11) is 0. The normalized spacial score (nSPS) is 23.6. The van der Waals surface area contributed by atoms with Crippen LogP contribution in [0.3, 0.4) is 0 Å². The lowest BCUT2D eigenvalue weighted by Crippen LogP contribution is -2.47. The van der Waals surface area contributed by atoms with Crippen LogP contribution in [-0.4, -0.2) is 34.4 Å². The summed E-state index contributed by atoms with van der Waals surface area (Å²) >= 11 is 0. The molecule has 1 amide bonds. The topological polar surface area (TPSA) is 100 Å². The summed E-state index contributed by atoms with van der Waals surface area (Å²) in [6.07, 6.45) is 2.06. The molecule has 2 heterocycles. The Hall–Kier alpha value is -1.89. The zero-order valence-corrected chi connectivity index (χ0v) is 9.45. The van der Waals surface area contributed by atoms with Gasteiger partial charge in [0.25, 0.3) is 11.6 Å². The summed E-state index contributed by atoms with van der Waals surface area (Å²) < 4.78 is 0. The summed E-state index contributed by atoms with van der Waals surface area (Å²) in [5, 5.41) is 16.5. The Labute approximate surface area is 97.7 Å². The fourth-order valence-electron chi connectivity index (χ4n) is 1.88. The van der Waals surface area contributed by atoms with E-state index >= 15 is 0 Å². The first-order valence-electron chi connectivity index (χ1n) is 5.36. The molecular weight excluding hydrogens is 224 g/mol. The summed E-state index contributed by atoms with van der Waals surface area (Å²) in [5.41, 5.74) is -0.175. The number of nitro groups is 1. The highest BCUT2D eigenvalue weighted by Crippen LogP contribution is 2.16. The number of hydrogen-bond donors (Lipinski definition) is 3. The van der Waals surface area contributed by atoms with Gasteiger partial charge in [0, 0.05) is 12.6 Å². The molecule has 1 aromatic rings. The van der Waals surface area contributed by atoms with Crippen molar-refractivity contribution >= 4 is 11.6 Å². The Morgan fingerprint density at radius 3 is 2.94 bits per heavy atom. The fraction of sp³-hybridized carbons (Fsp3) is 0.500. The lowest BCUT2D eigenvalue weighted by molar-refractivity contribution is -0.384. The molecule has 92 valence electrons. The van der Waals surface area contributed by atoms with Crippen LogP contribution in [0, 0.1) is 10.1 Å². The fourth-order valence-corrected chi connectivity index (χ4v) is 1.88. The van der Waals surface area contributed by atoms with Crippen LogP contribution in [0.2, 0.25) is 0 Å². The summed E-state index contributed by atoms with van der Waals surface area (Å²) in [4.78, 5) is 24.4. The van der Waals surface area contributed by atoms with Crippen LogP contribution in [0.5, 0.6) is 0 Å². The van der Waals surface area contributed by atoms with Crippen molar-refractivity contribution in [3.05, 3.63) is 28.1 Å². The van der Waals surface area contributed by atoms with E-state index in [1.165, 1.54) is 12.3 Å². The number of carbonyl (C=O) groups excluding carboxylic acids is 1. The first-order chi connectivity index (χ1) is 8.00. The monoisotopic (exact) mass is 238 g/mol. The maximum Gasteiger partial charge on any atom is 0.287 e. The minimum absolute atomic E-state index is 0.107. The second-order valence-electron chi connectivity index (χ2n) is 4.47. The predicted molar refractivity (Wildman–Crippen MR) is 60.8 cm³/mol. The number of H-pyrrole nitrogens is 1. The smallest absolute Gasteiger partial charge is 0.287 e. The Morgan fingerprint density at radius 1 is 1.65 bits per heavy atom. The van der Waals surface area contributed by atoms with Gasteiger partial charge in [-0.1, -0.05) is 0 Å². The molecule has 0 aromatic carbocycles. The van der Waals surface area contributed by atoms with E-state index < -0.39 is 4.92 Å². The third kappa shape index (κ3) is 2.44. The number of aromatic amines is 1. The Morgan fingerprint density at radius 2 is 2.41 bits per heavy atom. The molecule has 1 aliphatic heterocycles. The molecule has 17 heavy (non-hydrogen) atoms. The average molecular weight is 238 g/mol. The first-order valence-corrected chi connectivity index (χ1v) is 5.36. The van der Waals surface area contributed by atoms with Gasteiger partial charge in [-0.3, -0.25) is 14.9 Å². The van der Waals surface area contributed by atoms with Crippen molar-refractivity contribution in [3.8, 4) is 0 Å². The highest BCUT2D eigenvalue weighted by molar-refractivity contribution is 5.93. The van der Waals surface area contributed by atoms with Gasteiger partial charge in [-0.15, -0.1) is 0 Å². The quantitative estimate of drug-likeness (QED) is 0.524. The lowest BCUT2D eigenvalue weighted by Gasteiger charge is -2.23. The number of hydrogen-bond acceptors (Lipinski definition) is 4. The van der Waals surface area contributed by atoms with E-state index in [1.54, 1.807) is 0 Å². The molecule has 0 aliphatic carbocycles. The molecule has 1 saturated heterocycles. The van der Waals surface area contributed by atoms with Crippen molar-refractivity contribution in [3.63, 3.8) is 0 Å². The molecule has 2 rings (SSSR count). The SMILES string of the molecule is CC1(NC(=O)c2cc([N+](=O)[O-])c[nH]2)CCNC1. The number of nitrogens with one attached hydrogen (secondary N) is 3. The van der Waals surface area contributed by atoms with Gasteiger partial charge in [0.15, 0.2) is 0 Å². The molecule has 1 unspecified atom stereocenters. The highest BCUT2D eigenvalue weighted by atomic mass is 16.6. The van der Waals surface area contributed by atoms with E-state index in [-0.39, 0.29) is 22.8 Å². The largest absolute Gasteiger partial charge is 0.351 e.